The maximum atomic E-state index is 13.6. The van der Waals surface area contributed by atoms with Crippen LogP contribution in [0.5, 0.6) is 5.75 Å². The molecule has 1 amide bonds. The van der Waals surface area contributed by atoms with E-state index >= 15 is 0 Å². The Morgan fingerprint density at radius 2 is 1.67 bits per heavy atom. The summed E-state index contributed by atoms with van der Waals surface area (Å²) < 4.78 is 33.2. The first-order valence-electron chi connectivity index (χ1n) is 11.6. The molecule has 0 aliphatic carbocycles. The lowest BCUT2D eigenvalue weighted by Gasteiger charge is -2.32. The topological polar surface area (TPSA) is 70.2 Å². The molecule has 2 aliphatic rings. The van der Waals surface area contributed by atoms with Gasteiger partial charge in [0.15, 0.2) is 0 Å². The van der Waals surface area contributed by atoms with Crippen molar-refractivity contribution >= 4 is 15.9 Å². The second kappa shape index (κ2) is 10.2. The smallest absolute Gasteiger partial charge is 0.254 e. The summed E-state index contributed by atoms with van der Waals surface area (Å²) in [5.74, 6) is 0.667. The molecule has 2 aromatic carbocycles. The first-order valence-corrected chi connectivity index (χ1v) is 13.1. The van der Waals surface area contributed by atoms with Crippen LogP contribution in [0, 0.1) is 0 Å². The molecule has 2 saturated heterocycles. The minimum atomic E-state index is -3.63. The van der Waals surface area contributed by atoms with Crippen LogP contribution in [-0.2, 0) is 10.0 Å². The summed E-state index contributed by atoms with van der Waals surface area (Å²) >= 11 is 0. The Kier molecular flexibility index (Phi) is 7.36. The van der Waals surface area contributed by atoms with Crippen LogP contribution in [0.3, 0.4) is 0 Å². The van der Waals surface area contributed by atoms with E-state index < -0.39 is 10.0 Å². The number of likely N-dealkylation sites (tertiary alicyclic amines) is 1. The van der Waals surface area contributed by atoms with Crippen molar-refractivity contribution in [2.75, 3.05) is 46.9 Å². The number of likely N-dealkylation sites (N-methyl/N-ethyl adjacent to an activating group) is 1. The van der Waals surface area contributed by atoms with Gasteiger partial charge in [-0.2, -0.15) is 4.31 Å². The molecular weight excluding hydrogens is 438 g/mol. The Morgan fingerprint density at radius 3 is 2.36 bits per heavy atom. The number of hydrogen-bond donors (Lipinski definition) is 0. The number of sulfonamides is 1. The molecular formula is C25H33N3O4S. The van der Waals surface area contributed by atoms with Gasteiger partial charge in [0.1, 0.15) is 5.75 Å². The predicted octanol–water partition coefficient (Wildman–Crippen LogP) is 3.39. The molecule has 7 nitrogen and oxygen atoms in total. The molecule has 8 heteroatoms. The zero-order chi connectivity index (χ0) is 23.4. The van der Waals surface area contributed by atoms with Gasteiger partial charge in [0.05, 0.1) is 18.0 Å². The third-order valence-corrected chi connectivity index (χ3v) is 8.59. The molecule has 2 aliphatic heterocycles. The van der Waals surface area contributed by atoms with Crippen LogP contribution in [0.2, 0.25) is 0 Å². The fourth-order valence-corrected chi connectivity index (χ4v) is 6.13. The van der Waals surface area contributed by atoms with Crippen molar-refractivity contribution in [2.24, 2.45) is 0 Å². The van der Waals surface area contributed by atoms with Gasteiger partial charge in [-0.3, -0.25) is 4.79 Å². The molecule has 2 fully saturated rings. The number of nitrogens with zero attached hydrogens (tertiary/aromatic N) is 3. The van der Waals surface area contributed by atoms with Gasteiger partial charge in [0.2, 0.25) is 10.0 Å². The predicted molar refractivity (Wildman–Crippen MR) is 128 cm³/mol. The number of benzene rings is 2. The van der Waals surface area contributed by atoms with Gasteiger partial charge < -0.3 is 14.5 Å². The first kappa shape index (κ1) is 23.7. The minimum absolute atomic E-state index is 0.0381. The van der Waals surface area contributed by atoms with E-state index in [9.17, 15) is 13.2 Å². The van der Waals surface area contributed by atoms with E-state index in [1.165, 1.54) is 4.31 Å². The van der Waals surface area contributed by atoms with Gasteiger partial charge in [-0.15, -0.1) is 0 Å². The number of piperazine rings is 1. The number of methoxy groups -OCH3 is 1. The summed E-state index contributed by atoms with van der Waals surface area (Å²) in [6, 6.07) is 14.4. The number of ether oxygens (including phenoxy) is 1. The van der Waals surface area contributed by atoms with Crippen molar-refractivity contribution in [3.63, 3.8) is 0 Å². The van der Waals surface area contributed by atoms with Crippen LogP contribution in [0.15, 0.2) is 53.4 Å². The van der Waals surface area contributed by atoms with Crippen molar-refractivity contribution in [3.8, 4) is 5.75 Å². The third-order valence-electron chi connectivity index (χ3n) is 6.70. The minimum Gasteiger partial charge on any atom is -0.497 e. The van der Waals surface area contributed by atoms with Crippen LogP contribution >= 0.6 is 0 Å². The van der Waals surface area contributed by atoms with E-state index in [1.54, 1.807) is 31.4 Å². The van der Waals surface area contributed by atoms with Gasteiger partial charge >= 0.3 is 0 Å². The van der Waals surface area contributed by atoms with Crippen LogP contribution < -0.4 is 4.74 Å². The highest BCUT2D eigenvalue weighted by molar-refractivity contribution is 7.89. The zero-order valence-electron chi connectivity index (χ0n) is 19.4. The Balaban J connectivity index is 1.60. The summed E-state index contributed by atoms with van der Waals surface area (Å²) in [6.45, 7) is 2.99. The van der Waals surface area contributed by atoms with Gasteiger partial charge in [-0.25, -0.2) is 8.42 Å². The van der Waals surface area contributed by atoms with Crippen LogP contribution in [0.1, 0.15) is 47.6 Å². The van der Waals surface area contributed by atoms with Gasteiger partial charge in [0, 0.05) is 38.3 Å². The van der Waals surface area contributed by atoms with E-state index in [2.05, 4.69) is 4.90 Å². The normalized spacial score (nSPS) is 20.9. The molecule has 0 bridgehead atoms. The molecule has 2 heterocycles. The first-order chi connectivity index (χ1) is 15.9. The SMILES string of the molecule is COc1ccc([C@H]2CCCCCN2C(=O)c2cccc(S(=O)(=O)N3CCN(C)CC3)c2)cc1. The standard InChI is InChI=1S/C25H33N3O4S/c1-26-15-17-27(18-16-26)33(30,31)23-8-6-7-21(19-23)25(29)28-14-5-3-4-9-24(28)20-10-12-22(32-2)13-11-20/h6-8,10-13,19,24H,3-5,9,14-18H2,1-2H3/t24-/m1/s1. The maximum absolute atomic E-state index is 13.6. The molecule has 0 aromatic heterocycles. The number of carbonyl (C=O) groups excluding carboxylic acids is 1. The lowest BCUT2D eigenvalue weighted by Crippen LogP contribution is -2.47. The molecule has 0 N–H and O–H groups in total. The molecule has 4 rings (SSSR count). The molecule has 2 aromatic rings. The highest BCUT2D eigenvalue weighted by atomic mass is 32.2. The highest BCUT2D eigenvalue weighted by Crippen LogP contribution is 2.32. The lowest BCUT2D eigenvalue weighted by atomic mass is 10.00. The highest BCUT2D eigenvalue weighted by Gasteiger charge is 2.30. The fourth-order valence-electron chi connectivity index (χ4n) is 4.66. The maximum Gasteiger partial charge on any atom is 0.254 e. The zero-order valence-corrected chi connectivity index (χ0v) is 20.3. The van der Waals surface area contributed by atoms with Crippen molar-refractivity contribution in [2.45, 2.75) is 36.6 Å². The van der Waals surface area contributed by atoms with Gasteiger partial charge in [-0.05, 0) is 55.8 Å². The summed E-state index contributed by atoms with van der Waals surface area (Å²) in [7, 11) is -0.00244. The van der Waals surface area contributed by atoms with Gasteiger partial charge in [0.25, 0.3) is 5.91 Å². The summed E-state index contributed by atoms with van der Waals surface area (Å²) in [6.07, 6.45) is 3.96. The number of rotatable bonds is 5. The second-order valence-corrected chi connectivity index (χ2v) is 10.8. The van der Waals surface area contributed by atoms with E-state index in [1.807, 2.05) is 36.2 Å². The Bertz CT molecular complexity index is 1060. The summed E-state index contributed by atoms with van der Waals surface area (Å²) in [5, 5.41) is 0. The van der Waals surface area contributed by atoms with Crippen LogP contribution in [-0.4, -0.2) is 75.3 Å². The van der Waals surface area contributed by atoms with Gasteiger partial charge in [-0.1, -0.05) is 31.0 Å². The van der Waals surface area contributed by atoms with E-state index in [0.29, 0.717) is 38.3 Å². The quantitative estimate of drug-likeness (QED) is 0.669. The van der Waals surface area contributed by atoms with Crippen LogP contribution in [0.4, 0.5) is 0 Å². The number of hydrogen-bond acceptors (Lipinski definition) is 5. The third kappa shape index (κ3) is 5.23. The molecule has 0 saturated carbocycles. The molecule has 0 unspecified atom stereocenters. The Morgan fingerprint density at radius 1 is 0.939 bits per heavy atom. The molecule has 0 spiro atoms. The Labute approximate surface area is 197 Å². The number of amides is 1. The van der Waals surface area contributed by atoms with E-state index in [0.717, 1.165) is 37.0 Å². The molecule has 0 radical (unpaired) electrons. The molecule has 33 heavy (non-hydrogen) atoms. The summed E-state index contributed by atoms with van der Waals surface area (Å²) in [5.41, 5.74) is 1.50. The van der Waals surface area contributed by atoms with Crippen LogP contribution in [0.25, 0.3) is 0 Å². The number of carbonyl (C=O) groups is 1. The molecule has 1 atom stereocenters. The van der Waals surface area contributed by atoms with E-state index in [4.69, 9.17) is 4.74 Å². The van der Waals surface area contributed by atoms with Crippen molar-refractivity contribution in [1.29, 1.82) is 0 Å². The second-order valence-electron chi connectivity index (χ2n) is 8.87. The van der Waals surface area contributed by atoms with Crippen molar-refractivity contribution < 1.29 is 17.9 Å². The molecule has 178 valence electrons. The Hall–Kier alpha value is -2.42. The average molecular weight is 472 g/mol. The fraction of sp³-hybridized carbons (Fsp3) is 0.480. The largest absolute Gasteiger partial charge is 0.497 e. The monoisotopic (exact) mass is 471 g/mol. The average Bonchev–Trinajstić information content (AvgIpc) is 3.10. The lowest BCUT2D eigenvalue weighted by molar-refractivity contribution is 0.0680. The van der Waals surface area contributed by atoms with Crippen molar-refractivity contribution in [1.82, 2.24) is 14.1 Å². The summed E-state index contributed by atoms with van der Waals surface area (Å²) in [4.78, 5) is 17.9. The van der Waals surface area contributed by atoms with E-state index in [-0.39, 0.29) is 16.8 Å². The van der Waals surface area contributed by atoms with Crippen molar-refractivity contribution in [3.05, 3.63) is 59.7 Å².